The minimum absolute atomic E-state index is 0.634. The molecule has 4 heteroatoms. The Morgan fingerprint density at radius 3 is 2.61 bits per heavy atom. The highest BCUT2D eigenvalue weighted by Gasteiger charge is 2.25. The standard InChI is InChI=1S/C14H22BNO2/c1-2-9-16(10-12-7-8-12)11-13-5-3-4-6-14(13)15(17)18/h3-6,12,17-18H,2,7-11H2,1H3. The summed E-state index contributed by atoms with van der Waals surface area (Å²) in [4.78, 5) is 2.43. The van der Waals surface area contributed by atoms with Gasteiger partial charge in [0.2, 0.25) is 0 Å². The maximum Gasteiger partial charge on any atom is 0.488 e. The monoisotopic (exact) mass is 247 g/mol. The van der Waals surface area contributed by atoms with Crippen molar-refractivity contribution in [3.8, 4) is 0 Å². The third kappa shape index (κ3) is 3.84. The van der Waals surface area contributed by atoms with Crippen molar-refractivity contribution >= 4 is 12.6 Å². The van der Waals surface area contributed by atoms with Crippen molar-refractivity contribution in [1.82, 2.24) is 4.90 Å². The molecule has 0 unspecified atom stereocenters. The molecule has 0 heterocycles. The average Bonchev–Trinajstić information content (AvgIpc) is 3.13. The molecule has 1 aromatic carbocycles. The molecule has 2 rings (SSSR count). The van der Waals surface area contributed by atoms with Gasteiger partial charge >= 0.3 is 7.12 Å². The molecule has 1 aliphatic carbocycles. The first-order valence-corrected chi connectivity index (χ1v) is 6.87. The minimum atomic E-state index is -1.37. The zero-order valence-electron chi connectivity index (χ0n) is 11.0. The molecule has 18 heavy (non-hydrogen) atoms. The van der Waals surface area contributed by atoms with Gasteiger partial charge < -0.3 is 10.0 Å². The molecular weight excluding hydrogens is 225 g/mol. The van der Waals surface area contributed by atoms with Crippen molar-refractivity contribution in [3.05, 3.63) is 29.8 Å². The lowest BCUT2D eigenvalue weighted by atomic mass is 9.77. The van der Waals surface area contributed by atoms with Crippen LogP contribution in [0.4, 0.5) is 0 Å². The van der Waals surface area contributed by atoms with Crippen LogP contribution in [-0.4, -0.2) is 35.2 Å². The molecule has 0 bridgehead atoms. The molecule has 0 aromatic heterocycles. The molecule has 0 saturated heterocycles. The Hall–Kier alpha value is -0.835. The Labute approximate surface area is 110 Å². The predicted octanol–water partition coefficient (Wildman–Crippen LogP) is 0.988. The molecule has 0 aliphatic heterocycles. The van der Waals surface area contributed by atoms with Gasteiger partial charge in [-0.15, -0.1) is 0 Å². The molecule has 0 radical (unpaired) electrons. The summed E-state index contributed by atoms with van der Waals surface area (Å²) in [5.74, 6) is 0.864. The molecule has 2 N–H and O–H groups in total. The largest absolute Gasteiger partial charge is 0.488 e. The van der Waals surface area contributed by atoms with E-state index in [-0.39, 0.29) is 0 Å². The van der Waals surface area contributed by atoms with Gasteiger partial charge in [-0.1, -0.05) is 31.2 Å². The second-order valence-electron chi connectivity index (χ2n) is 5.25. The van der Waals surface area contributed by atoms with Crippen LogP contribution >= 0.6 is 0 Å². The maximum atomic E-state index is 9.38. The fourth-order valence-electron chi connectivity index (χ4n) is 2.39. The Morgan fingerprint density at radius 1 is 1.28 bits per heavy atom. The van der Waals surface area contributed by atoms with Gasteiger partial charge in [-0.3, -0.25) is 4.90 Å². The van der Waals surface area contributed by atoms with Crippen LogP contribution < -0.4 is 5.46 Å². The lowest BCUT2D eigenvalue weighted by molar-refractivity contribution is 0.255. The molecule has 0 amide bonds. The van der Waals surface area contributed by atoms with E-state index in [0.717, 1.165) is 37.5 Å². The van der Waals surface area contributed by atoms with Crippen LogP contribution in [0.15, 0.2) is 24.3 Å². The fraction of sp³-hybridized carbons (Fsp3) is 0.571. The number of hydrogen-bond donors (Lipinski definition) is 2. The lowest BCUT2D eigenvalue weighted by Crippen LogP contribution is -2.36. The van der Waals surface area contributed by atoms with Gasteiger partial charge in [0.25, 0.3) is 0 Å². The van der Waals surface area contributed by atoms with E-state index in [1.54, 1.807) is 6.07 Å². The van der Waals surface area contributed by atoms with Gasteiger partial charge in [-0.25, -0.2) is 0 Å². The van der Waals surface area contributed by atoms with Crippen LogP contribution in [0.3, 0.4) is 0 Å². The van der Waals surface area contributed by atoms with Crippen molar-refractivity contribution in [2.75, 3.05) is 13.1 Å². The summed E-state index contributed by atoms with van der Waals surface area (Å²) < 4.78 is 0. The second kappa shape index (κ2) is 6.37. The normalized spacial score (nSPS) is 15.1. The topological polar surface area (TPSA) is 43.7 Å². The first-order valence-electron chi connectivity index (χ1n) is 6.87. The molecule has 0 spiro atoms. The second-order valence-corrected chi connectivity index (χ2v) is 5.25. The van der Waals surface area contributed by atoms with Gasteiger partial charge in [0.05, 0.1) is 0 Å². The summed E-state index contributed by atoms with van der Waals surface area (Å²) in [6.45, 7) is 5.22. The summed E-state index contributed by atoms with van der Waals surface area (Å²) >= 11 is 0. The van der Waals surface area contributed by atoms with Crippen molar-refractivity contribution in [2.45, 2.75) is 32.7 Å². The Kier molecular flexibility index (Phi) is 4.81. The van der Waals surface area contributed by atoms with Gasteiger partial charge in [-0.2, -0.15) is 0 Å². The van der Waals surface area contributed by atoms with Crippen molar-refractivity contribution in [2.24, 2.45) is 5.92 Å². The molecule has 1 fully saturated rings. The summed E-state index contributed by atoms with van der Waals surface area (Å²) in [5.41, 5.74) is 1.66. The molecule has 0 atom stereocenters. The average molecular weight is 247 g/mol. The molecule has 98 valence electrons. The van der Waals surface area contributed by atoms with Crippen LogP contribution in [0.5, 0.6) is 0 Å². The number of nitrogens with zero attached hydrogens (tertiary/aromatic N) is 1. The highest BCUT2D eigenvalue weighted by atomic mass is 16.4. The SMILES string of the molecule is CCCN(Cc1ccccc1B(O)O)CC1CC1. The molecule has 1 aliphatic rings. The van der Waals surface area contributed by atoms with E-state index in [1.807, 2.05) is 18.2 Å². The first-order chi connectivity index (χ1) is 8.70. The molecule has 1 saturated carbocycles. The zero-order chi connectivity index (χ0) is 13.0. The minimum Gasteiger partial charge on any atom is -0.423 e. The van der Waals surface area contributed by atoms with E-state index in [4.69, 9.17) is 0 Å². The van der Waals surface area contributed by atoms with Crippen LogP contribution in [0.2, 0.25) is 0 Å². The number of hydrogen-bond acceptors (Lipinski definition) is 3. The van der Waals surface area contributed by atoms with Crippen molar-refractivity contribution in [1.29, 1.82) is 0 Å². The van der Waals surface area contributed by atoms with Crippen molar-refractivity contribution < 1.29 is 10.0 Å². The van der Waals surface area contributed by atoms with E-state index in [1.165, 1.54) is 12.8 Å². The third-order valence-electron chi connectivity index (χ3n) is 3.48. The van der Waals surface area contributed by atoms with Gasteiger partial charge in [0, 0.05) is 13.1 Å². The van der Waals surface area contributed by atoms with Gasteiger partial charge in [-0.05, 0) is 42.8 Å². The Balaban J connectivity index is 2.04. The number of benzene rings is 1. The van der Waals surface area contributed by atoms with E-state index < -0.39 is 7.12 Å². The summed E-state index contributed by atoms with van der Waals surface area (Å²) in [6, 6.07) is 7.59. The fourth-order valence-corrected chi connectivity index (χ4v) is 2.39. The molecular formula is C14H22BNO2. The van der Waals surface area contributed by atoms with Crippen LogP contribution in [0.1, 0.15) is 31.7 Å². The zero-order valence-corrected chi connectivity index (χ0v) is 11.0. The van der Waals surface area contributed by atoms with E-state index in [2.05, 4.69) is 11.8 Å². The highest BCUT2D eigenvalue weighted by molar-refractivity contribution is 6.59. The van der Waals surface area contributed by atoms with Gasteiger partial charge in [0.15, 0.2) is 0 Å². The molecule has 1 aromatic rings. The highest BCUT2D eigenvalue weighted by Crippen LogP contribution is 2.30. The quantitative estimate of drug-likeness (QED) is 0.706. The summed E-state index contributed by atoms with van der Waals surface area (Å²) in [6.07, 6.45) is 3.84. The Bertz CT molecular complexity index is 380. The first kappa shape index (κ1) is 13.6. The molecule has 3 nitrogen and oxygen atoms in total. The van der Waals surface area contributed by atoms with Crippen LogP contribution in [0, 0.1) is 5.92 Å². The predicted molar refractivity (Wildman–Crippen MR) is 74.6 cm³/mol. The number of rotatable bonds is 7. The third-order valence-corrected chi connectivity index (χ3v) is 3.48. The van der Waals surface area contributed by atoms with E-state index >= 15 is 0 Å². The summed E-state index contributed by atoms with van der Waals surface area (Å²) in [7, 11) is -1.37. The van der Waals surface area contributed by atoms with E-state index in [9.17, 15) is 10.0 Å². The van der Waals surface area contributed by atoms with Gasteiger partial charge in [0.1, 0.15) is 0 Å². The van der Waals surface area contributed by atoms with Crippen LogP contribution in [0.25, 0.3) is 0 Å². The smallest absolute Gasteiger partial charge is 0.423 e. The Morgan fingerprint density at radius 2 is 2.00 bits per heavy atom. The van der Waals surface area contributed by atoms with Crippen LogP contribution in [-0.2, 0) is 6.54 Å². The lowest BCUT2D eigenvalue weighted by Gasteiger charge is -2.23. The van der Waals surface area contributed by atoms with E-state index in [0.29, 0.717) is 5.46 Å². The van der Waals surface area contributed by atoms with Crippen molar-refractivity contribution in [3.63, 3.8) is 0 Å². The summed E-state index contributed by atoms with van der Waals surface area (Å²) in [5, 5.41) is 18.8. The maximum absolute atomic E-state index is 9.38.